The van der Waals surface area contributed by atoms with E-state index >= 15 is 0 Å². The highest BCUT2D eigenvalue weighted by Gasteiger charge is 2.37. The Morgan fingerprint density at radius 3 is 2.50 bits per heavy atom. The van der Waals surface area contributed by atoms with E-state index in [0.29, 0.717) is 16.5 Å². The van der Waals surface area contributed by atoms with Crippen molar-refractivity contribution >= 4 is 17.7 Å². The van der Waals surface area contributed by atoms with E-state index in [4.69, 9.17) is 15.2 Å². The lowest BCUT2D eigenvalue weighted by atomic mass is 9.82. The number of allylic oxidation sites excluding steroid dienone is 1. The van der Waals surface area contributed by atoms with E-state index in [9.17, 15) is 15.3 Å². The molecule has 1 atom stereocenters. The summed E-state index contributed by atoms with van der Waals surface area (Å²) in [7, 11) is 0. The third-order valence-corrected chi connectivity index (χ3v) is 6.38. The number of hydrogen-bond acceptors (Lipinski definition) is 8. The molecular formula is C26H26N4O3S. The Balaban J connectivity index is 2.09. The lowest BCUT2D eigenvalue weighted by Gasteiger charge is -2.28. The van der Waals surface area contributed by atoms with E-state index in [1.54, 1.807) is 19.1 Å². The predicted molar refractivity (Wildman–Crippen MR) is 129 cm³/mol. The van der Waals surface area contributed by atoms with Crippen LogP contribution in [0.1, 0.15) is 55.0 Å². The number of ether oxygens (including phenoxy) is 2. The van der Waals surface area contributed by atoms with Gasteiger partial charge in [0.1, 0.15) is 28.5 Å². The highest BCUT2D eigenvalue weighted by atomic mass is 32.2. The second-order valence-electron chi connectivity index (χ2n) is 8.01. The van der Waals surface area contributed by atoms with Gasteiger partial charge in [0.15, 0.2) is 0 Å². The molecule has 3 rings (SSSR count). The molecule has 2 aromatic rings. The number of pyridine rings is 1. The van der Waals surface area contributed by atoms with Crippen LogP contribution in [0.5, 0.6) is 0 Å². The van der Waals surface area contributed by atoms with Crippen molar-refractivity contribution in [2.45, 2.75) is 44.6 Å². The van der Waals surface area contributed by atoms with Crippen LogP contribution in [0.25, 0.3) is 0 Å². The highest BCUT2D eigenvalue weighted by molar-refractivity contribution is 7.99. The molecule has 7 nitrogen and oxygen atoms in total. The first-order valence-electron chi connectivity index (χ1n) is 10.9. The predicted octanol–water partition coefficient (Wildman–Crippen LogP) is 4.80. The number of rotatable bonds is 7. The van der Waals surface area contributed by atoms with Crippen molar-refractivity contribution in [3.63, 3.8) is 0 Å². The van der Waals surface area contributed by atoms with Gasteiger partial charge in [0, 0.05) is 5.69 Å². The quantitative estimate of drug-likeness (QED) is 0.448. The number of aryl methyl sites for hydroxylation is 1. The maximum atomic E-state index is 13.1. The molecule has 0 saturated carbocycles. The van der Waals surface area contributed by atoms with Gasteiger partial charge in [-0.3, -0.25) is 0 Å². The van der Waals surface area contributed by atoms with Crippen molar-refractivity contribution < 1.29 is 14.3 Å². The normalized spacial score (nSPS) is 15.6. The van der Waals surface area contributed by atoms with E-state index in [-0.39, 0.29) is 35.1 Å². The number of carbonyl (C=O) groups is 1. The molecule has 174 valence electrons. The number of esters is 1. The van der Waals surface area contributed by atoms with Crippen LogP contribution in [0.15, 0.2) is 64.2 Å². The Morgan fingerprint density at radius 2 is 1.91 bits per heavy atom. The van der Waals surface area contributed by atoms with Crippen LogP contribution in [-0.4, -0.2) is 23.3 Å². The van der Waals surface area contributed by atoms with Crippen molar-refractivity contribution in [2.75, 3.05) is 12.4 Å². The zero-order chi connectivity index (χ0) is 24.8. The van der Waals surface area contributed by atoms with Crippen molar-refractivity contribution in [1.29, 1.82) is 10.5 Å². The van der Waals surface area contributed by atoms with Crippen LogP contribution in [0.4, 0.5) is 0 Å². The number of hydrogen-bond donors (Lipinski definition) is 1. The van der Waals surface area contributed by atoms with Crippen LogP contribution in [0.2, 0.25) is 0 Å². The van der Waals surface area contributed by atoms with Crippen LogP contribution in [0.3, 0.4) is 0 Å². The first kappa shape index (κ1) is 24.9. The maximum absolute atomic E-state index is 13.1. The lowest BCUT2D eigenvalue weighted by Crippen LogP contribution is -2.27. The zero-order valence-corrected chi connectivity index (χ0v) is 20.4. The Labute approximate surface area is 203 Å². The SMILES string of the molecule is CCOC(=O)C1=C(CSc2nc(C)ccc2C#N)OC(N)=C(C#N)C1c1ccc(C(C)C)cc1. The largest absolute Gasteiger partial charge is 0.463 e. The summed E-state index contributed by atoms with van der Waals surface area (Å²) >= 11 is 1.26. The standard InChI is InChI=1S/C26H26N4O3S/c1-5-32-26(31)23-21(14-34-25-19(12-27)7-6-16(4)30-25)33-24(29)20(13-28)22(23)18-10-8-17(9-11-18)15(2)3/h6-11,15,22H,5,14,29H2,1-4H3. The zero-order valence-electron chi connectivity index (χ0n) is 19.6. The van der Waals surface area contributed by atoms with E-state index < -0.39 is 11.9 Å². The molecule has 1 aromatic carbocycles. The Bertz CT molecular complexity index is 1230. The molecule has 1 aliphatic heterocycles. The minimum atomic E-state index is -0.726. The van der Waals surface area contributed by atoms with Gasteiger partial charge in [0.05, 0.1) is 29.4 Å². The third-order valence-electron chi connectivity index (χ3n) is 5.39. The van der Waals surface area contributed by atoms with E-state index in [2.05, 4.69) is 31.0 Å². The molecule has 1 aromatic heterocycles. The van der Waals surface area contributed by atoms with Crippen molar-refractivity contribution in [2.24, 2.45) is 5.73 Å². The maximum Gasteiger partial charge on any atom is 0.338 e. The van der Waals surface area contributed by atoms with Gasteiger partial charge in [-0.05, 0) is 43.0 Å². The molecule has 0 amide bonds. The molecule has 0 bridgehead atoms. The van der Waals surface area contributed by atoms with Crippen LogP contribution < -0.4 is 5.73 Å². The smallest absolute Gasteiger partial charge is 0.338 e. The number of nitriles is 2. The highest BCUT2D eigenvalue weighted by Crippen LogP contribution is 2.41. The summed E-state index contributed by atoms with van der Waals surface area (Å²) in [6.07, 6.45) is 0. The molecule has 0 aliphatic carbocycles. The van der Waals surface area contributed by atoms with E-state index in [1.807, 2.05) is 31.2 Å². The molecular weight excluding hydrogens is 448 g/mol. The summed E-state index contributed by atoms with van der Waals surface area (Å²) in [5.41, 5.74) is 9.59. The van der Waals surface area contributed by atoms with Gasteiger partial charge < -0.3 is 15.2 Å². The number of carbonyl (C=O) groups excluding carboxylic acids is 1. The van der Waals surface area contributed by atoms with Gasteiger partial charge >= 0.3 is 5.97 Å². The minimum Gasteiger partial charge on any atom is -0.463 e. The van der Waals surface area contributed by atoms with Crippen LogP contribution >= 0.6 is 11.8 Å². The second-order valence-corrected chi connectivity index (χ2v) is 8.97. The number of nitrogens with two attached hydrogens (primary N) is 1. The van der Waals surface area contributed by atoms with Crippen LogP contribution in [0, 0.1) is 29.6 Å². The van der Waals surface area contributed by atoms with Gasteiger partial charge in [0.2, 0.25) is 5.88 Å². The minimum absolute atomic E-state index is 0.0539. The second kappa shape index (κ2) is 10.9. The molecule has 0 radical (unpaired) electrons. The molecule has 0 saturated heterocycles. The fourth-order valence-corrected chi connectivity index (χ4v) is 4.59. The fraction of sp³-hybridized carbons (Fsp3) is 0.308. The van der Waals surface area contributed by atoms with Crippen molar-refractivity contribution in [1.82, 2.24) is 4.98 Å². The Morgan fingerprint density at radius 1 is 1.21 bits per heavy atom. The monoisotopic (exact) mass is 474 g/mol. The third kappa shape index (κ3) is 5.24. The summed E-state index contributed by atoms with van der Waals surface area (Å²) < 4.78 is 11.1. The average Bonchev–Trinajstić information content (AvgIpc) is 2.82. The number of nitrogens with zero attached hydrogens (tertiary/aromatic N) is 3. The summed E-state index contributed by atoms with van der Waals surface area (Å²) in [6, 6.07) is 15.5. The summed E-state index contributed by atoms with van der Waals surface area (Å²) in [6.45, 7) is 7.91. The van der Waals surface area contributed by atoms with Gasteiger partial charge in [-0.15, -0.1) is 0 Å². The first-order valence-corrected chi connectivity index (χ1v) is 11.9. The number of aromatic nitrogens is 1. The molecule has 8 heteroatoms. The fourth-order valence-electron chi connectivity index (χ4n) is 3.63. The van der Waals surface area contributed by atoms with Gasteiger partial charge in [-0.2, -0.15) is 10.5 Å². The molecule has 2 heterocycles. The van der Waals surface area contributed by atoms with Gasteiger partial charge in [0.25, 0.3) is 0 Å². The van der Waals surface area contributed by atoms with Crippen molar-refractivity contribution in [3.05, 3.63) is 81.6 Å². The van der Waals surface area contributed by atoms with Gasteiger partial charge in [-0.1, -0.05) is 49.9 Å². The number of thioether (sulfide) groups is 1. The van der Waals surface area contributed by atoms with Crippen molar-refractivity contribution in [3.8, 4) is 12.1 Å². The molecule has 2 N–H and O–H groups in total. The van der Waals surface area contributed by atoms with Gasteiger partial charge in [-0.25, -0.2) is 9.78 Å². The number of benzene rings is 1. The average molecular weight is 475 g/mol. The van der Waals surface area contributed by atoms with E-state index in [0.717, 1.165) is 16.8 Å². The van der Waals surface area contributed by atoms with Crippen LogP contribution in [-0.2, 0) is 14.3 Å². The Kier molecular flexibility index (Phi) is 7.99. The lowest BCUT2D eigenvalue weighted by molar-refractivity contribution is -0.139. The molecule has 1 unspecified atom stereocenters. The first-order chi connectivity index (χ1) is 16.3. The topological polar surface area (TPSA) is 122 Å². The van der Waals surface area contributed by atoms with E-state index in [1.165, 1.54) is 11.8 Å². The summed E-state index contributed by atoms with van der Waals surface area (Å²) in [4.78, 5) is 17.6. The molecule has 34 heavy (non-hydrogen) atoms. The summed E-state index contributed by atoms with van der Waals surface area (Å²) in [5.74, 6) is -0.557. The Hall–Kier alpha value is -3.75. The summed E-state index contributed by atoms with van der Waals surface area (Å²) in [5, 5.41) is 19.8. The molecule has 0 fully saturated rings. The molecule has 1 aliphatic rings. The molecule has 0 spiro atoms.